The standard InChI is InChI=1S/C19H25N3O.HI/c1-20-19(22-15-17-8-4-3-5-9-17)21-13-7-11-16-10-6-12-18(14-16)23-2;/h3-6,8-10,12,14H,7,11,13,15H2,1-2H3,(H2,20,21,22);1H. The molecule has 0 unspecified atom stereocenters. The van der Waals surface area contributed by atoms with Gasteiger partial charge in [0.1, 0.15) is 5.75 Å². The van der Waals surface area contributed by atoms with Crippen LogP contribution in [0.5, 0.6) is 5.75 Å². The van der Waals surface area contributed by atoms with Crippen molar-refractivity contribution in [2.24, 2.45) is 4.99 Å². The van der Waals surface area contributed by atoms with Gasteiger partial charge in [-0.05, 0) is 36.1 Å². The normalized spacial score (nSPS) is 10.7. The minimum absolute atomic E-state index is 0. The minimum Gasteiger partial charge on any atom is -0.497 e. The number of guanidine groups is 1. The molecule has 0 bridgehead atoms. The van der Waals surface area contributed by atoms with Gasteiger partial charge in [-0.1, -0.05) is 42.5 Å². The molecule has 24 heavy (non-hydrogen) atoms. The van der Waals surface area contributed by atoms with E-state index in [-0.39, 0.29) is 24.0 Å². The van der Waals surface area contributed by atoms with Crippen LogP contribution in [-0.4, -0.2) is 26.7 Å². The van der Waals surface area contributed by atoms with Gasteiger partial charge in [0, 0.05) is 20.1 Å². The Kier molecular flexibility index (Phi) is 9.91. The molecule has 5 heteroatoms. The molecule has 0 amide bonds. The summed E-state index contributed by atoms with van der Waals surface area (Å²) >= 11 is 0. The highest BCUT2D eigenvalue weighted by Crippen LogP contribution is 2.13. The maximum absolute atomic E-state index is 5.25. The lowest BCUT2D eigenvalue weighted by molar-refractivity contribution is 0.414. The highest BCUT2D eigenvalue weighted by Gasteiger charge is 1.99. The first kappa shape index (κ1) is 20.3. The SMILES string of the molecule is CN=C(NCCCc1cccc(OC)c1)NCc1ccccc1.I. The van der Waals surface area contributed by atoms with Crippen molar-refractivity contribution in [3.63, 3.8) is 0 Å². The Morgan fingerprint density at radius 1 is 1.00 bits per heavy atom. The second-order valence-corrected chi connectivity index (χ2v) is 5.29. The van der Waals surface area contributed by atoms with E-state index in [1.165, 1.54) is 11.1 Å². The lowest BCUT2D eigenvalue weighted by Crippen LogP contribution is -2.37. The molecule has 0 radical (unpaired) electrons. The zero-order valence-corrected chi connectivity index (χ0v) is 16.6. The van der Waals surface area contributed by atoms with Crippen LogP contribution in [0, 0.1) is 0 Å². The number of nitrogens with one attached hydrogen (secondary N) is 2. The van der Waals surface area contributed by atoms with Crippen molar-refractivity contribution in [2.45, 2.75) is 19.4 Å². The average molecular weight is 439 g/mol. The number of benzene rings is 2. The summed E-state index contributed by atoms with van der Waals surface area (Å²) < 4.78 is 5.25. The van der Waals surface area contributed by atoms with Crippen LogP contribution >= 0.6 is 24.0 Å². The summed E-state index contributed by atoms with van der Waals surface area (Å²) in [5.41, 5.74) is 2.53. The Bertz CT molecular complexity index is 617. The Morgan fingerprint density at radius 2 is 1.75 bits per heavy atom. The molecule has 0 heterocycles. The molecular weight excluding hydrogens is 413 g/mol. The summed E-state index contributed by atoms with van der Waals surface area (Å²) in [5, 5.41) is 6.67. The minimum atomic E-state index is 0. The second-order valence-electron chi connectivity index (χ2n) is 5.29. The van der Waals surface area contributed by atoms with E-state index in [1.54, 1.807) is 14.2 Å². The Labute approximate surface area is 161 Å². The summed E-state index contributed by atoms with van der Waals surface area (Å²) in [4.78, 5) is 4.25. The van der Waals surface area contributed by atoms with Crippen LogP contribution in [0.15, 0.2) is 59.6 Å². The number of hydrogen-bond acceptors (Lipinski definition) is 2. The summed E-state index contributed by atoms with van der Waals surface area (Å²) in [6.07, 6.45) is 2.05. The highest BCUT2D eigenvalue weighted by atomic mass is 127. The van der Waals surface area contributed by atoms with Crippen LogP contribution in [0.3, 0.4) is 0 Å². The van der Waals surface area contributed by atoms with Crippen LogP contribution in [-0.2, 0) is 13.0 Å². The Hall–Kier alpha value is -1.76. The Balaban J connectivity index is 0.00000288. The van der Waals surface area contributed by atoms with Gasteiger partial charge >= 0.3 is 0 Å². The lowest BCUT2D eigenvalue weighted by atomic mass is 10.1. The van der Waals surface area contributed by atoms with Crippen molar-refractivity contribution in [1.82, 2.24) is 10.6 Å². The van der Waals surface area contributed by atoms with E-state index in [1.807, 2.05) is 30.3 Å². The van der Waals surface area contributed by atoms with Crippen molar-refractivity contribution in [2.75, 3.05) is 20.7 Å². The molecule has 0 aromatic heterocycles. The van der Waals surface area contributed by atoms with Gasteiger partial charge in [-0.25, -0.2) is 0 Å². The number of nitrogens with zero attached hydrogens (tertiary/aromatic N) is 1. The van der Waals surface area contributed by atoms with Gasteiger partial charge in [-0.3, -0.25) is 4.99 Å². The second kappa shape index (κ2) is 11.7. The smallest absolute Gasteiger partial charge is 0.191 e. The van der Waals surface area contributed by atoms with E-state index < -0.39 is 0 Å². The van der Waals surface area contributed by atoms with Gasteiger partial charge in [-0.15, -0.1) is 24.0 Å². The van der Waals surface area contributed by atoms with Crippen molar-refractivity contribution in [3.8, 4) is 5.75 Å². The predicted molar refractivity (Wildman–Crippen MR) is 111 cm³/mol. The van der Waals surface area contributed by atoms with Crippen molar-refractivity contribution >= 4 is 29.9 Å². The van der Waals surface area contributed by atoms with Gasteiger partial charge in [0.2, 0.25) is 0 Å². The summed E-state index contributed by atoms with van der Waals surface area (Å²) in [7, 11) is 3.49. The number of aryl methyl sites for hydroxylation is 1. The fraction of sp³-hybridized carbons (Fsp3) is 0.316. The zero-order chi connectivity index (χ0) is 16.3. The molecule has 0 saturated carbocycles. The third-order valence-electron chi connectivity index (χ3n) is 3.60. The fourth-order valence-corrected chi connectivity index (χ4v) is 2.33. The van der Waals surface area contributed by atoms with Crippen LogP contribution in [0.4, 0.5) is 0 Å². The number of ether oxygens (including phenoxy) is 1. The molecule has 4 nitrogen and oxygen atoms in total. The molecule has 0 aliphatic rings. The molecule has 0 fully saturated rings. The Morgan fingerprint density at radius 3 is 2.46 bits per heavy atom. The highest BCUT2D eigenvalue weighted by molar-refractivity contribution is 14.0. The first-order chi connectivity index (χ1) is 11.3. The zero-order valence-electron chi connectivity index (χ0n) is 14.3. The van der Waals surface area contributed by atoms with E-state index >= 15 is 0 Å². The maximum Gasteiger partial charge on any atom is 0.191 e. The van der Waals surface area contributed by atoms with Crippen LogP contribution in [0.25, 0.3) is 0 Å². The van der Waals surface area contributed by atoms with Gasteiger partial charge < -0.3 is 15.4 Å². The molecule has 2 N–H and O–H groups in total. The topological polar surface area (TPSA) is 45.7 Å². The molecule has 0 spiro atoms. The van der Waals surface area contributed by atoms with Crippen LogP contribution in [0.2, 0.25) is 0 Å². The molecule has 0 aliphatic carbocycles. The first-order valence-corrected chi connectivity index (χ1v) is 7.93. The van der Waals surface area contributed by atoms with Crippen LogP contribution < -0.4 is 15.4 Å². The lowest BCUT2D eigenvalue weighted by Gasteiger charge is -2.12. The van der Waals surface area contributed by atoms with Crippen molar-refractivity contribution < 1.29 is 4.74 Å². The maximum atomic E-state index is 5.25. The van der Waals surface area contributed by atoms with E-state index in [2.05, 4.69) is 39.9 Å². The van der Waals surface area contributed by atoms with E-state index in [0.29, 0.717) is 0 Å². The molecule has 2 aromatic rings. The number of halogens is 1. The van der Waals surface area contributed by atoms with E-state index in [0.717, 1.165) is 37.6 Å². The van der Waals surface area contributed by atoms with Crippen LogP contribution in [0.1, 0.15) is 17.5 Å². The molecule has 2 rings (SSSR count). The summed E-state index contributed by atoms with van der Waals surface area (Å²) in [6, 6.07) is 18.5. The monoisotopic (exact) mass is 439 g/mol. The number of hydrogen-bond donors (Lipinski definition) is 2. The number of methoxy groups -OCH3 is 1. The summed E-state index contributed by atoms with van der Waals surface area (Å²) in [5.74, 6) is 1.75. The molecule has 130 valence electrons. The quantitative estimate of drug-likeness (QED) is 0.300. The van der Waals surface area contributed by atoms with Gasteiger partial charge in [0.05, 0.1) is 7.11 Å². The molecule has 0 aliphatic heterocycles. The average Bonchev–Trinajstić information content (AvgIpc) is 2.62. The summed E-state index contributed by atoms with van der Waals surface area (Å²) in [6.45, 7) is 1.65. The van der Waals surface area contributed by atoms with Gasteiger partial charge in [-0.2, -0.15) is 0 Å². The first-order valence-electron chi connectivity index (χ1n) is 7.93. The van der Waals surface area contributed by atoms with Crippen molar-refractivity contribution in [3.05, 3.63) is 65.7 Å². The predicted octanol–water partition coefficient (Wildman–Crippen LogP) is 3.61. The third-order valence-corrected chi connectivity index (χ3v) is 3.60. The number of aliphatic imine (C=N–C) groups is 1. The van der Waals surface area contributed by atoms with E-state index in [4.69, 9.17) is 4.74 Å². The third kappa shape index (κ3) is 7.21. The van der Waals surface area contributed by atoms with E-state index in [9.17, 15) is 0 Å². The molecular formula is C19H26IN3O. The van der Waals surface area contributed by atoms with Gasteiger partial charge in [0.15, 0.2) is 5.96 Å². The number of rotatable bonds is 7. The molecule has 2 aromatic carbocycles. The largest absolute Gasteiger partial charge is 0.497 e. The molecule has 0 atom stereocenters. The van der Waals surface area contributed by atoms with Gasteiger partial charge in [0.25, 0.3) is 0 Å². The fourth-order valence-electron chi connectivity index (χ4n) is 2.33. The molecule has 0 saturated heterocycles. The van der Waals surface area contributed by atoms with Crippen molar-refractivity contribution in [1.29, 1.82) is 0 Å².